The summed E-state index contributed by atoms with van der Waals surface area (Å²) in [7, 11) is 0. The third-order valence-electron chi connectivity index (χ3n) is 3.68. The van der Waals surface area contributed by atoms with Crippen LogP contribution >= 0.6 is 0 Å². The Morgan fingerprint density at radius 1 is 1.05 bits per heavy atom. The second kappa shape index (κ2) is 6.89. The van der Waals surface area contributed by atoms with Crippen LogP contribution in [0.1, 0.15) is 22.4 Å². The fourth-order valence-corrected chi connectivity index (χ4v) is 2.39. The SMILES string of the molecule is Cc1cc(OCc2ccccc2)ccc1CCc1cn[nH]n1. The molecule has 0 aliphatic carbocycles. The molecule has 3 aromatic rings. The Balaban J connectivity index is 1.59. The van der Waals surface area contributed by atoms with Crippen LogP contribution in [-0.2, 0) is 19.4 Å². The molecule has 0 saturated heterocycles. The molecule has 0 amide bonds. The van der Waals surface area contributed by atoms with Gasteiger partial charge in [0, 0.05) is 0 Å². The minimum absolute atomic E-state index is 0.596. The summed E-state index contributed by atoms with van der Waals surface area (Å²) in [4.78, 5) is 0. The first kappa shape index (κ1) is 14.3. The van der Waals surface area contributed by atoms with Crippen LogP contribution in [0.15, 0.2) is 54.7 Å². The van der Waals surface area contributed by atoms with E-state index >= 15 is 0 Å². The molecule has 0 spiro atoms. The van der Waals surface area contributed by atoms with Crippen LogP contribution in [0.2, 0.25) is 0 Å². The van der Waals surface area contributed by atoms with E-state index in [2.05, 4.69) is 46.6 Å². The number of nitrogens with zero attached hydrogens (tertiary/aromatic N) is 2. The van der Waals surface area contributed by atoms with Crippen molar-refractivity contribution in [1.29, 1.82) is 0 Å². The number of hydrogen-bond acceptors (Lipinski definition) is 3. The van der Waals surface area contributed by atoms with E-state index in [9.17, 15) is 0 Å². The van der Waals surface area contributed by atoms with Crippen molar-refractivity contribution in [3.8, 4) is 5.75 Å². The van der Waals surface area contributed by atoms with Crippen LogP contribution in [0, 0.1) is 6.92 Å². The summed E-state index contributed by atoms with van der Waals surface area (Å²) in [5.41, 5.74) is 4.73. The molecular formula is C18H19N3O. The molecule has 22 heavy (non-hydrogen) atoms. The van der Waals surface area contributed by atoms with Gasteiger partial charge in [-0.1, -0.05) is 36.4 Å². The first-order valence-electron chi connectivity index (χ1n) is 7.42. The predicted octanol–water partition coefficient (Wildman–Crippen LogP) is 3.48. The summed E-state index contributed by atoms with van der Waals surface area (Å²) in [5.74, 6) is 0.909. The number of benzene rings is 2. The fraction of sp³-hybridized carbons (Fsp3) is 0.222. The molecular weight excluding hydrogens is 274 g/mol. The highest BCUT2D eigenvalue weighted by molar-refractivity contribution is 5.35. The van der Waals surface area contributed by atoms with Gasteiger partial charge in [0.25, 0.3) is 0 Å². The van der Waals surface area contributed by atoms with E-state index < -0.39 is 0 Å². The van der Waals surface area contributed by atoms with Crippen molar-refractivity contribution in [3.63, 3.8) is 0 Å². The Labute approximate surface area is 130 Å². The number of hydrogen-bond donors (Lipinski definition) is 1. The zero-order valence-electron chi connectivity index (χ0n) is 12.6. The van der Waals surface area contributed by atoms with Gasteiger partial charge < -0.3 is 4.74 Å². The van der Waals surface area contributed by atoms with Crippen molar-refractivity contribution < 1.29 is 4.74 Å². The monoisotopic (exact) mass is 293 g/mol. The molecule has 1 aromatic heterocycles. The Morgan fingerprint density at radius 3 is 2.64 bits per heavy atom. The Kier molecular flexibility index (Phi) is 4.49. The van der Waals surface area contributed by atoms with E-state index in [-0.39, 0.29) is 0 Å². The maximum Gasteiger partial charge on any atom is 0.120 e. The van der Waals surface area contributed by atoms with E-state index in [1.54, 1.807) is 6.20 Å². The molecule has 1 heterocycles. The van der Waals surface area contributed by atoms with Gasteiger partial charge in [0.15, 0.2) is 0 Å². The van der Waals surface area contributed by atoms with Crippen LogP contribution in [0.25, 0.3) is 0 Å². The highest BCUT2D eigenvalue weighted by atomic mass is 16.5. The standard InChI is InChI=1S/C18H19N3O/c1-14-11-18(22-13-15-5-3-2-4-6-15)10-8-16(14)7-9-17-12-19-21-20-17/h2-6,8,10-12H,7,9,13H2,1H3,(H,19,20,21). The summed E-state index contributed by atoms with van der Waals surface area (Å²) in [6.07, 6.45) is 3.62. The summed E-state index contributed by atoms with van der Waals surface area (Å²) in [5, 5.41) is 10.6. The highest BCUT2D eigenvalue weighted by Crippen LogP contribution is 2.19. The highest BCUT2D eigenvalue weighted by Gasteiger charge is 2.04. The topological polar surface area (TPSA) is 50.8 Å². The molecule has 0 aliphatic heterocycles. The van der Waals surface area contributed by atoms with Crippen LogP contribution < -0.4 is 4.74 Å². The lowest BCUT2D eigenvalue weighted by atomic mass is 10.0. The third kappa shape index (κ3) is 3.73. The van der Waals surface area contributed by atoms with Gasteiger partial charge in [-0.3, -0.25) is 0 Å². The fourth-order valence-electron chi connectivity index (χ4n) is 2.39. The third-order valence-corrected chi connectivity index (χ3v) is 3.68. The average Bonchev–Trinajstić information content (AvgIpc) is 3.06. The lowest BCUT2D eigenvalue weighted by Gasteiger charge is -2.10. The molecule has 0 aliphatic rings. The molecule has 0 unspecified atom stereocenters. The van der Waals surface area contributed by atoms with Gasteiger partial charge in [-0.25, -0.2) is 0 Å². The lowest BCUT2D eigenvalue weighted by Crippen LogP contribution is -1.98. The van der Waals surface area contributed by atoms with Crippen molar-refractivity contribution >= 4 is 0 Å². The molecule has 0 fully saturated rings. The number of aromatic nitrogens is 3. The summed E-state index contributed by atoms with van der Waals surface area (Å²) in [6.45, 7) is 2.71. The first-order valence-corrected chi connectivity index (χ1v) is 7.42. The maximum atomic E-state index is 5.85. The minimum atomic E-state index is 0.596. The van der Waals surface area contributed by atoms with Crippen LogP contribution in [-0.4, -0.2) is 15.4 Å². The van der Waals surface area contributed by atoms with Crippen molar-refractivity contribution in [2.45, 2.75) is 26.4 Å². The van der Waals surface area contributed by atoms with Gasteiger partial charge in [0.1, 0.15) is 12.4 Å². The van der Waals surface area contributed by atoms with E-state index in [0.29, 0.717) is 6.61 Å². The number of aryl methyl sites for hydroxylation is 3. The quantitative estimate of drug-likeness (QED) is 0.757. The summed E-state index contributed by atoms with van der Waals surface area (Å²) >= 11 is 0. The minimum Gasteiger partial charge on any atom is -0.489 e. The molecule has 0 radical (unpaired) electrons. The molecule has 3 rings (SSSR count). The number of H-pyrrole nitrogens is 1. The maximum absolute atomic E-state index is 5.85. The smallest absolute Gasteiger partial charge is 0.120 e. The van der Waals surface area contributed by atoms with Crippen molar-refractivity contribution in [1.82, 2.24) is 15.4 Å². The van der Waals surface area contributed by atoms with E-state index in [1.165, 1.54) is 16.7 Å². The number of nitrogens with one attached hydrogen (secondary N) is 1. The van der Waals surface area contributed by atoms with Gasteiger partial charge >= 0.3 is 0 Å². The van der Waals surface area contributed by atoms with E-state index in [0.717, 1.165) is 24.3 Å². The van der Waals surface area contributed by atoms with Gasteiger partial charge in [-0.2, -0.15) is 15.4 Å². The van der Waals surface area contributed by atoms with Gasteiger partial charge in [-0.05, 0) is 48.6 Å². The Bertz CT molecular complexity index is 708. The normalized spacial score (nSPS) is 10.6. The molecule has 0 saturated carbocycles. The van der Waals surface area contributed by atoms with Crippen molar-refractivity contribution in [3.05, 3.63) is 77.1 Å². The van der Waals surface area contributed by atoms with Crippen LogP contribution in [0.3, 0.4) is 0 Å². The molecule has 2 aromatic carbocycles. The zero-order valence-corrected chi connectivity index (χ0v) is 12.6. The lowest BCUT2D eigenvalue weighted by molar-refractivity contribution is 0.306. The number of rotatable bonds is 6. The second-order valence-electron chi connectivity index (χ2n) is 5.32. The second-order valence-corrected chi connectivity index (χ2v) is 5.32. The molecule has 1 N–H and O–H groups in total. The van der Waals surface area contributed by atoms with E-state index in [1.807, 2.05) is 24.3 Å². The van der Waals surface area contributed by atoms with Crippen LogP contribution in [0.4, 0.5) is 0 Å². The Morgan fingerprint density at radius 2 is 1.91 bits per heavy atom. The van der Waals surface area contributed by atoms with Gasteiger partial charge in [-0.15, -0.1) is 0 Å². The van der Waals surface area contributed by atoms with Gasteiger partial charge in [0.05, 0.1) is 11.9 Å². The first-order chi connectivity index (χ1) is 10.8. The van der Waals surface area contributed by atoms with Gasteiger partial charge in [0.2, 0.25) is 0 Å². The average molecular weight is 293 g/mol. The summed E-state index contributed by atoms with van der Waals surface area (Å²) < 4.78 is 5.85. The van der Waals surface area contributed by atoms with Crippen molar-refractivity contribution in [2.75, 3.05) is 0 Å². The van der Waals surface area contributed by atoms with Crippen LogP contribution in [0.5, 0.6) is 5.75 Å². The zero-order chi connectivity index (χ0) is 15.2. The van der Waals surface area contributed by atoms with E-state index in [4.69, 9.17) is 4.74 Å². The summed E-state index contributed by atoms with van der Waals surface area (Å²) in [6, 6.07) is 16.5. The largest absolute Gasteiger partial charge is 0.489 e. The Hall–Kier alpha value is -2.62. The molecule has 112 valence electrons. The molecule has 0 bridgehead atoms. The molecule has 4 heteroatoms. The number of ether oxygens (including phenoxy) is 1. The number of aromatic amines is 1. The molecule has 4 nitrogen and oxygen atoms in total. The predicted molar refractivity (Wildman–Crippen MR) is 85.7 cm³/mol. The molecule has 0 atom stereocenters. The van der Waals surface area contributed by atoms with Crippen molar-refractivity contribution in [2.24, 2.45) is 0 Å².